The first kappa shape index (κ1) is 12.8. The van der Waals surface area contributed by atoms with E-state index in [1.54, 1.807) is 13.0 Å². The average molecular weight is 246 g/mol. The molecule has 0 bridgehead atoms. The zero-order valence-corrected chi connectivity index (χ0v) is 9.68. The minimum atomic E-state index is -0.484. The van der Waals surface area contributed by atoms with E-state index in [9.17, 15) is 9.18 Å². The van der Waals surface area contributed by atoms with Gasteiger partial charge in [0.25, 0.3) is 0 Å². The second-order valence-corrected chi connectivity index (χ2v) is 3.52. The number of nitrogens with one attached hydrogen (secondary N) is 1. The molecule has 5 heteroatoms. The molecule has 1 N–H and O–H groups in total. The van der Waals surface area contributed by atoms with Crippen LogP contribution in [0.25, 0.3) is 0 Å². The van der Waals surface area contributed by atoms with E-state index in [0.29, 0.717) is 18.8 Å². The SMILES string of the molecule is CCOC(=O)CCNc1ccc(Cl)c(F)c1. The molecular weight excluding hydrogens is 233 g/mol. The van der Waals surface area contributed by atoms with Crippen molar-refractivity contribution in [3.8, 4) is 0 Å². The third-order valence-electron chi connectivity index (χ3n) is 1.88. The first-order chi connectivity index (χ1) is 7.63. The lowest BCUT2D eigenvalue weighted by atomic mass is 10.3. The van der Waals surface area contributed by atoms with E-state index >= 15 is 0 Å². The predicted molar refractivity (Wildman–Crippen MR) is 61.1 cm³/mol. The van der Waals surface area contributed by atoms with E-state index in [4.69, 9.17) is 16.3 Å². The van der Waals surface area contributed by atoms with Gasteiger partial charge < -0.3 is 10.1 Å². The largest absolute Gasteiger partial charge is 0.466 e. The molecule has 0 heterocycles. The van der Waals surface area contributed by atoms with Crippen LogP contribution in [0.3, 0.4) is 0 Å². The average Bonchev–Trinajstić information content (AvgIpc) is 2.24. The molecule has 0 aliphatic carbocycles. The smallest absolute Gasteiger partial charge is 0.307 e. The Balaban J connectivity index is 2.37. The Morgan fingerprint density at radius 2 is 2.31 bits per heavy atom. The fourth-order valence-electron chi connectivity index (χ4n) is 1.15. The predicted octanol–water partition coefficient (Wildman–Crippen LogP) is 2.84. The molecule has 88 valence electrons. The van der Waals surface area contributed by atoms with Gasteiger partial charge in [0, 0.05) is 12.2 Å². The van der Waals surface area contributed by atoms with Crippen molar-refractivity contribution in [1.82, 2.24) is 0 Å². The number of halogens is 2. The number of hydrogen-bond donors (Lipinski definition) is 1. The van der Waals surface area contributed by atoms with Crippen LogP contribution in [0.1, 0.15) is 13.3 Å². The first-order valence-electron chi connectivity index (χ1n) is 4.98. The van der Waals surface area contributed by atoms with Gasteiger partial charge in [-0.3, -0.25) is 4.79 Å². The van der Waals surface area contributed by atoms with Crippen LogP contribution in [-0.4, -0.2) is 19.1 Å². The fraction of sp³-hybridized carbons (Fsp3) is 0.364. The highest BCUT2D eigenvalue weighted by Gasteiger charge is 2.03. The Hall–Kier alpha value is -1.29. The Labute approximate surface area is 98.5 Å². The maximum Gasteiger partial charge on any atom is 0.307 e. The number of carbonyl (C=O) groups is 1. The molecule has 0 aromatic heterocycles. The van der Waals surface area contributed by atoms with Gasteiger partial charge in [-0.2, -0.15) is 0 Å². The van der Waals surface area contributed by atoms with Gasteiger partial charge in [0.05, 0.1) is 18.1 Å². The van der Waals surface area contributed by atoms with Crippen molar-refractivity contribution in [3.63, 3.8) is 0 Å². The summed E-state index contributed by atoms with van der Waals surface area (Å²) >= 11 is 5.53. The summed E-state index contributed by atoms with van der Waals surface area (Å²) in [5, 5.41) is 2.98. The molecule has 1 aromatic rings. The molecule has 0 saturated carbocycles. The second kappa shape index (κ2) is 6.33. The van der Waals surface area contributed by atoms with Crippen LogP contribution in [0.2, 0.25) is 5.02 Å². The van der Waals surface area contributed by atoms with Gasteiger partial charge in [-0.1, -0.05) is 11.6 Å². The van der Waals surface area contributed by atoms with Crippen LogP contribution in [0.4, 0.5) is 10.1 Å². The number of esters is 1. The molecule has 0 spiro atoms. The summed E-state index contributed by atoms with van der Waals surface area (Å²) in [4.78, 5) is 11.0. The molecule has 0 atom stereocenters. The Morgan fingerprint density at radius 1 is 1.56 bits per heavy atom. The number of benzene rings is 1. The van der Waals surface area contributed by atoms with Gasteiger partial charge in [-0.15, -0.1) is 0 Å². The number of rotatable bonds is 5. The summed E-state index contributed by atoms with van der Waals surface area (Å²) in [5.74, 6) is -0.757. The summed E-state index contributed by atoms with van der Waals surface area (Å²) < 4.78 is 17.8. The van der Waals surface area contributed by atoms with Crippen molar-refractivity contribution in [2.75, 3.05) is 18.5 Å². The topological polar surface area (TPSA) is 38.3 Å². The highest BCUT2D eigenvalue weighted by molar-refractivity contribution is 6.30. The summed E-state index contributed by atoms with van der Waals surface area (Å²) in [6, 6.07) is 4.40. The molecule has 1 aromatic carbocycles. The van der Waals surface area contributed by atoms with Crippen molar-refractivity contribution in [1.29, 1.82) is 0 Å². The Bertz CT molecular complexity index is 371. The zero-order chi connectivity index (χ0) is 12.0. The number of carbonyl (C=O) groups excluding carboxylic acids is 1. The summed E-state index contributed by atoms with van der Waals surface area (Å²) in [6.45, 7) is 2.52. The fourth-order valence-corrected chi connectivity index (χ4v) is 1.27. The molecule has 16 heavy (non-hydrogen) atoms. The highest BCUT2D eigenvalue weighted by atomic mass is 35.5. The Morgan fingerprint density at radius 3 is 2.94 bits per heavy atom. The molecule has 0 amide bonds. The van der Waals surface area contributed by atoms with Crippen molar-refractivity contribution in [2.45, 2.75) is 13.3 Å². The van der Waals surface area contributed by atoms with Crippen LogP contribution >= 0.6 is 11.6 Å². The Kier molecular flexibility index (Phi) is 5.05. The van der Waals surface area contributed by atoms with E-state index in [1.807, 2.05) is 0 Å². The van der Waals surface area contributed by atoms with Gasteiger partial charge in [-0.25, -0.2) is 4.39 Å². The molecule has 1 rings (SSSR count). The summed E-state index contributed by atoms with van der Waals surface area (Å²) in [6.07, 6.45) is 0.248. The third kappa shape index (κ3) is 4.06. The second-order valence-electron chi connectivity index (χ2n) is 3.11. The molecule has 0 saturated heterocycles. The van der Waals surface area contributed by atoms with Gasteiger partial charge in [0.2, 0.25) is 0 Å². The van der Waals surface area contributed by atoms with Crippen LogP contribution in [-0.2, 0) is 9.53 Å². The van der Waals surface area contributed by atoms with Gasteiger partial charge in [-0.05, 0) is 25.1 Å². The zero-order valence-electron chi connectivity index (χ0n) is 8.93. The minimum absolute atomic E-state index is 0.0796. The molecular formula is C11H13ClFNO2. The van der Waals surface area contributed by atoms with E-state index in [1.165, 1.54) is 12.1 Å². The van der Waals surface area contributed by atoms with Crippen LogP contribution in [0.15, 0.2) is 18.2 Å². The molecule has 0 aliphatic heterocycles. The molecule has 0 radical (unpaired) electrons. The lowest BCUT2D eigenvalue weighted by Gasteiger charge is -2.06. The number of hydrogen-bond acceptors (Lipinski definition) is 3. The molecule has 0 aliphatic rings. The molecule has 3 nitrogen and oxygen atoms in total. The van der Waals surface area contributed by atoms with E-state index in [2.05, 4.69) is 5.32 Å². The van der Waals surface area contributed by atoms with Crippen LogP contribution in [0.5, 0.6) is 0 Å². The number of anilines is 1. The van der Waals surface area contributed by atoms with Gasteiger partial charge in [0.1, 0.15) is 5.82 Å². The van der Waals surface area contributed by atoms with Crippen molar-refractivity contribution >= 4 is 23.3 Å². The van der Waals surface area contributed by atoms with Gasteiger partial charge >= 0.3 is 5.97 Å². The van der Waals surface area contributed by atoms with E-state index < -0.39 is 5.82 Å². The summed E-state index contributed by atoms with van der Waals surface area (Å²) in [7, 11) is 0. The lowest BCUT2D eigenvalue weighted by molar-refractivity contribution is -0.142. The van der Waals surface area contributed by atoms with E-state index in [0.717, 1.165) is 0 Å². The highest BCUT2D eigenvalue weighted by Crippen LogP contribution is 2.18. The number of ether oxygens (including phenoxy) is 1. The normalized spacial score (nSPS) is 9.94. The quantitative estimate of drug-likeness (QED) is 0.811. The standard InChI is InChI=1S/C11H13ClFNO2/c1-2-16-11(15)5-6-14-8-3-4-9(12)10(13)7-8/h3-4,7,14H,2,5-6H2,1H3. The summed E-state index contributed by atoms with van der Waals surface area (Å²) in [5.41, 5.74) is 0.589. The van der Waals surface area contributed by atoms with Crippen molar-refractivity contribution in [3.05, 3.63) is 29.0 Å². The lowest BCUT2D eigenvalue weighted by Crippen LogP contribution is -2.11. The third-order valence-corrected chi connectivity index (χ3v) is 2.19. The maximum absolute atomic E-state index is 13.0. The van der Waals surface area contributed by atoms with Gasteiger partial charge in [0.15, 0.2) is 0 Å². The first-order valence-corrected chi connectivity index (χ1v) is 5.36. The maximum atomic E-state index is 13.0. The van der Waals surface area contributed by atoms with Crippen LogP contribution < -0.4 is 5.32 Å². The molecule has 0 fully saturated rings. The van der Waals surface area contributed by atoms with Crippen LogP contribution in [0, 0.1) is 5.82 Å². The minimum Gasteiger partial charge on any atom is -0.466 e. The van der Waals surface area contributed by atoms with Crippen molar-refractivity contribution < 1.29 is 13.9 Å². The molecule has 0 unspecified atom stereocenters. The van der Waals surface area contributed by atoms with E-state index in [-0.39, 0.29) is 17.4 Å². The monoisotopic (exact) mass is 245 g/mol. The van der Waals surface area contributed by atoms with Crippen molar-refractivity contribution in [2.24, 2.45) is 0 Å².